The summed E-state index contributed by atoms with van der Waals surface area (Å²) >= 11 is 0. The minimum atomic E-state index is -0.0870. The molecule has 2 rings (SSSR count). The van der Waals surface area contributed by atoms with Crippen molar-refractivity contribution in [2.45, 2.75) is 19.5 Å². The Labute approximate surface area is 100 Å². The number of carbonyl (C=O) groups is 1. The van der Waals surface area contributed by atoms with E-state index in [1.807, 2.05) is 19.1 Å². The molecule has 0 bridgehead atoms. The second-order valence-corrected chi connectivity index (χ2v) is 4.13. The van der Waals surface area contributed by atoms with Crippen molar-refractivity contribution in [1.29, 1.82) is 0 Å². The monoisotopic (exact) mass is 235 g/mol. The average Bonchev–Trinajstić information content (AvgIpc) is 2.36. The van der Waals surface area contributed by atoms with Gasteiger partial charge in [0.15, 0.2) is 0 Å². The lowest BCUT2D eigenvalue weighted by Crippen LogP contribution is -2.53. The summed E-state index contributed by atoms with van der Waals surface area (Å²) in [6.45, 7) is 4.22. The van der Waals surface area contributed by atoms with Crippen LogP contribution in [0.1, 0.15) is 12.5 Å². The topological polar surface area (TPSA) is 83.3 Å². The van der Waals surface area contributed by atoms with Gasteiger partial charge in [0.2, 0.25) is 5.91 Å². The van der Waals surface area contributed by atoms with Crippen LogP contribution in [0.25, 0.3) is 0 Å². The molecular weight excluding hydrogens is 218 g/mol. The van der Waals surface area contributed by atoms with Gasteiger partial charge in [-0.3, -0.25) is 9.69 Å². The number of carbonyl (C=O) groups excluding carboxylic acids is 1. The number of anilines is 1. The summed E-state index contributed by atoms with van der Waals surface area (Å²) in [5.74, 6) is 5.97. The first-order valence-electron chi connectivity index (χ1n) is 5.64. The van der Waals surface area contributed by atoms with Gasteiger partial charge in [-0.1, -0.05) is 6.07 Å². The van der Waals surface area contributed by atoms with E-state index in [4.69, 9.17) is 5.84 Å². The number of hydrazine groups is 1. The quantitative estimate of drug-likeness (QED) is 0.494. The van der Waals surface area contributed by atoms with Gasteiger partial charge in [-0.25, -0.2) is 10.8 Å². The van der Waals surface area contributed by atoms with Crippen LogP contribution in [0.2, 0.25) is 0 Å². The molecule has 1 aliphatic rings. The summed E-state index contributed by atoms with van der Waals surface area (Å²) in [7, 11) is 0. The molecule has 2 heterocycles. The minimum Gasteiger partial charge on any atom is -0.353 e. The van der Waals surface area contributed by atoms with Crippen LogP contribution in [0.5, 0.6) is 0 Å². The molecule has 1 aromatic heterocycles. The summed E-state index contributed by atoms with van der Waals surface area (Å²) in [5.41, 5.74) is 3.56. The van der Waals surface area contributed by atoms with Crippen LogP contribution in [0, 0.1) is 0 Å². The third kappa shape index (κ3) is 2.72. The van der Waals surface area contributed by atoms with E-state index in [-0.39, 0.29) is 11.9 Å². The van der Waals surface area contributed by atoms with Gasteiger partial charge in [0, 0.05) is 25.8 Å². The lowest BCUT2D eigenvalue weighted by molar-refractivity contribution is -0.128. The summed E-state index contributed by atoms with van der Waals surface area (Å²) in [6.07, 6.45) is 1.77. The van der Waals surface area contributed by atoms with Crippen LogP contribution >= 0.6 is 0 Å². The lowest BCUT2D eigenvalue weighted by Gasteiger charge is -2.32. The van der Waals surface area contributed by atoms with Crippen molar-refractivity contribution >= 4 is 11.7 Å². The molecule has 1 atom stereocenters. The normalized spacial score (nSPS) is 21.1. The van der Waals surface area contributed by atoms with Crippen molar-refractivity contribution in [3.05, 3.63) is 23.9 Å². The molecule has 1 aromatic rings. The molecule has 1 fully saturated rings. The first kappa shape index (κ1) is 11.8. The van der Waals surface area contributed by atoms with Crippen LogP contribution in [-0.4, -0.2) is 34.9 Å². The van der Waals surface area contributed by atoms with Crippen LogP contribution in [-0.2, 0) is 11.3 Å². The molecular formula is C11H17N5O. The third-order valence-corrected chi connectivity index (χ3v) is 2.98. The predicted molar refractivity (Wildman–Crippen MR) is 64.9 cm³/mol. The highest BCUT2D eigenvalue weighted by molar-refractivity contribution is 5.81. The molecule has 6 nitrogen and oxygen atoms in total. The minimum absolute atomic E-state index is 0.0870. The number of nitrogens with one attached hydrogen (secondary N) is 2. The molecule has 1 aliphatic heterocycles. The number of rotatable bonds is 3. The molecule has 6 heteroatoms. The zero-order valence-electron chi connectivity index (χ0n) is 9.81. The molecule has 0 aromatic carbocycles. The number of nitrogens with zero attached hydrogens (tertiary/aromatic N) is 2. The van der Waals surface area contributed by atoms with E-state index in [1.54, 1.807) is 6.20 Å². The van der Waals surface area contributed by atoms with Crippen LogP contribution in [0.15, 0.2) is 18.3 Å². The molecule has 1 saturated heterocycles. The third-order valence-electron chi connectivity index (χ3n) is 2.98. The maximum absolute atomic E-state index is 11.5. The zero-order valence-corrected chi connectivity index (χ0v) is 9.81. The van der Waals surface area contributed by atoms with E-state index in [0.717, 1.165) is 18.7 Å². The van der Waals surface area contributed by atoms with Gasteiger partial charge in [-0.05, 0) is 18.6 Å². The van der Waals surface area contributed by atoms with E-state index in [2.05, 4.69) is 20.6 Å². The fourth-order valence-electron chi connectivity index (χ4n) is 1.88. The highest BCUT2D eigenvalue weighted by Crippen LogP contribution is 2.11. The molecule has 0 aliphatic carbocycles. The van der Waals surface area contributed by atoms with Crippen molar-refractivity contribution < 1.29 is 4.79 Å². The smallest absolute Gasteiger partial charge is 0.237 e. The first-order valence-corrected chi connectivity index (χ1v) is 5.64. The van der Waals surface area contributed by atoms with E-state index in [0.29, 0.717) is 12.4 Å². The van der Waals surface area contributed by atoms with Gasteiger partial charge < -0.3 is 10.7 Å². The largest absolute Gasteiger partial charge is 0.353 e. The van der Waals surface area contributed by atoms with Gasteiger partial charge in [0.1, 0.15) is 5.82 Å². The molecule has 1 unspecified atom stereocenters. The Morgan fingerprint density at radius 3 is 3.12 bits per heavy atom. The van der Waals surface area contributed by atoms with Crippen molar-refractivity contribution in [2.75, 3.05) is 18.5 Å². The zero-order chi connectivity index (χ0) is 12.3. The lowest BCUT2D eigenvalue weighted by atomic mass is 10.1. The number of aromatic nitrogens is 1. The number of hydrogen-bond acceptors (Lipinski definition) is 5. The standard InChI is InChI=1S/C11H17N5O/c1-8-11(17)13-4-5-16(8)7-9-2-3-10(15-12)14-6-9/h2-3,6,8H,4-5,7,12H2,1H3,(H,13,17)(H,14,15). The van der Waals surface area contributed by atoms with Crippen molar-refractivity contribution in [2.24, 2.45) is 5.84 Å². The Morgan fingerprint density at radius 1 is 1.65 bits per heavy atom. The highest BCUT2D eigenvalue weighted by Gasteiger charge is 2.25. The highest BCUT2D eigenvalue weighted by atomic mass is 16.2. The van der Waals surface area contributed by atoms with Crippen molar-refractivity contribution in [1.82, 2.24) is 15.2 Å². The SMILES string of the molecule is CC1C(=O)NCCN1Cc1ccc(NN)nc1. The summed E-state index contributed by atoms with van der Waals surface area (Å²) in [4.78, 5) is 17.8. The van der Waals surface area contributed by atoms with Crippen LogP contribution < -0.4 is 16.6 Å². The van der Waals surface area contributed by atoms with E-state index < -0.39 is 0 Å². The Hall–Kier alpha value is -1.66. The van der Waals surface area contributed by atoms with E-state index >= 15 is 0 Å². The summed E-state index contributed by atoms with van der Waals surface area (Å²) < 4.78 is 0. The van der Waals surface area contributed by atoms with Crippen molar-refractivity contribution in [3.63, 3.8) is 0 Å². The molecule has 0 spiro atoms. The molecule has 17 heavy (non-hydrogen) atoms. The number of nitrogens with two attached hydrogens (primary N) is 1. The number of piperazine rings is 1. The fourth-order valence-corrected chi connectivity index (χ4v) is 1.88. The Balaban J connectivity index is 2.01. The van der Waals surface area contributed by atoms with Gasteiger partial charge in [0.05, 0.1) is 6.04 Å². The number of pyridine rings is 1. The van der Waals surface area contributed by atoms with Gasteiger partial charge in [-0.2, -0.15) is 0 Å². The number of nitrogen functional groups attached to an aromatic ring is 1. The predicted octanol–water partition coefficient (Wildman–Crippen LogP) is -0.312. The second-order valence-electron chi connectivity index (χ2n) is 4.13. The van der Waals surface area contributed by atoms with Crippen LogP contribution in [0.3, 0.4) is 0 Å². The van der Waals surface area contributed by atoms with Crippen LogP contribution in [0.4, 0.5) is 5.82 Å². The van der Waals surface area contributed by atoms with Gasteiger partial charge in [-0.15, -0.1) is 0 Å². The Morgan fingerprint density at radius 2 is 2.47 bits per heavy atom. The maximum atomic E-state index is 11.5. The summed E-state index contributed by atoms with van der Waals surface area (Å²) in [6, 6.07) is 3.70. The van der Waals surface area contributed by atoms with Gasteiger partial charge in [0.25, 0.3) is 0 Å². The first-order chi connectivity index (χ1) is 8.20. The number of hydrogen-bond donors (Lipinski definition) is 3. The van der Waals surface area contributed by atoms with Crippen molar-refractivity contribution in [3.8, 4) is 0 Å². The Bertz CT molecular complexity index is 391. The van der Waals surface area contributed by atoms with Gasteiger partial charge >= 0.3 is 0 Å². The molecule has 92 valence electrons. The molecule has 1 amide bonds. The number of amides is 1. The summed E-state index contributed by atoms with van der Waals surface area (Å²) in [5, 5.41) is 2.84. The second kappa shape index (κ2) is 5.11. The average molecular weight is 235 g/mol. The molecule has 4 N–H and O–H groups in total. The fraction of sp³-hybridized carbons (Fsp3) is 0.455. The maximum Gasteiger partial charge on any atom is 0.237 e. The molecule has 0 saturated carbocycles. The van der Waals surface area contributed by atoms with E-state index in [1.165, 1.54) is 0 Å². The molecule has 0 radical (unpaired) electrons. The van der Waals surface area contributed by atoms with E-state index in [9.17, 15) is 4.79 Å². The Kier molecular flexibility index (Phi) is 3.55.